The van der Waals surface area contributed by atoms with Gasteiger partial charge in [0.2, 0.25) is 0 Å². The predicted octanol–water partition coefficient (Wildman–Crippen LogP) is 12.4. The number of fused-ring (bicyclic) bond motifs is 3. The number of allylic oxidation sites excluding steroid dienone is 4. The van der Waals surface area contributed by atoms with Gasteiger partial charge in [-0.05, 0) is 58.7 Å². The fourth-order valence-corrected chi connectivity index (χ4v) is 23.9. The highest BCUT2D eigenvalue weighted by molar-refractivity contribution is 7.87. The summed E-state index contributed by atoms with van der Waals surface area (Å²) in [6, 6.07) is 98.2. The molecule has 0 saturated carbocycles. The van der Waals surface area contributed by atoms with Crippen molar-refractivity contribution in [1.29, 1.82) is 0 Å². The van der Waals surface area contributed by atoms with E-state index in [9.17, 15) is 0 Å². The summed E-state index contributed by atoms with van der Waals surface area (Å²) >= 11 is 0. The van der Waals surface area contributed by atoms with E-state index in [0.717, 1.165) is 22.3 Å². The van der Waals surface area contributed by atoms with Crippen molar-refractivity contribution in [3.8, 4) is 0 Å². The zero-order valence-corrected chi connectivity index (χ0v) is 47.8. The molecule has 0 bridgehead atoms. The van der Waals surface area contributed by atoms with Crippen LogP contribution in [0.1, 0.15) is 28.2 Å². The molecule has 0 saturated heterocycles. The van der Waals surface area contributed by atoms with Crippen molar-refractivity contribution in [3.05, 3.63) is 350 Å². The second-order valence-corrected chi connectivity index (χ2v) is 31.9. The summed E-state index contributed by atoms with van der Waals surface area (Å²) in [6.45, 7) is 0. The standard InChI is InChI=1S/C73H56O4P4/c74-78(57-29-9-1-10-30-57,58-31-11-2-12-32-58)65-49-55(50-66(53-65)79(75,59-33-13-3-14-34-59)60-35-15-4-16-36-60)73(71-47-27-25-45-69(71)70-46-26-28-48-72(70)73)56-51-67(80(76,61-37-17-5-18-38-61)62-39-19-6-20-40-62)54-68(52-56)81(77,63-41-21-7-22-42-63)64-43-23-8-24-44-64/h1-54,69,71H. The molecule has 0 amide bonds. The van der Waals surface area contributed by atoms with Gasteiger partial charge in [-0.1, -0.05) is 291 Å². The lowest BCUT2D eigenvalue weighted by atomic mass is 9.63. The normalized spacial score (nSPS) is 15.6. The average molecular weight is 1120 g/mol. The van der Waals surface area contributed by atoms with Crippen molar-refractivity contribution in [3.63, 3.8) is 0 Å². The van der Waals surface area contributed by atoms with E-state index >= 15 is 18.3 Å². The summed E-state index contributed by atoms with van der Waals surface area (Å²) in [5, 5.41) is 7.15. The topological polar surface area (TPSA) is 68.3 Å². The number of hydrogen-bond acceptors (Lipinski definition) is 4. The van der Waals surface area contributed by atoms with Gasteiger partial charge in [-0.15, -0.1) is 0 Å². The monoisotopic (exact) mass is 1120 g/mol. The van der Waals surface area contributed by atoms with Crippen LogP contribution in [0.2, 0.25) is 0 Å². The highest BCUT2D eigenvalue weighted by Crippen LogP contribution is 2.61. The maximum absolute atomic E-state index is 17.3. The first-order valence-corrected chi connectivity index (χ1v) is 34.1. The highest BCUT2D eigenvalue weighted by Gasteiger charge is 2.55. The lowest BCUT2D eigenvalue weighted by molar-refractivity contribution is 0.457. The lowest BCUT2D eigenvalue weighted by Gasteiger charge is -2.41. The Hall–Kier alpha value is -8.18. The molecule has 2 atom stereocenters. The number of rotatable bonds is 14. The number of benzene rings is 11. The smallest absolute Gasteiger partial charge is 0.171 e. The molecule has 0 N–H and O–H groups in total. The Balaban J connectivity index is 1.24. The molecule has 0 heterocycles. The van der Waals surface area contributed by atoms with E-state index in [1.165, 1.54) is 0 Å². The summed E-state index contributed by atoms with van der Waals surface area (Å²) < 4.78 is 69.3. The minimum absolute atomic E-state index is 0.166. The summed E-state index contributed by atoms with van der Waals surface area (Å²) in [4.78, 5) is 0. The molecule has 4 nitrogen and oxygen atoms in total. The van der Waals surface area contributed by atoms with Gasteiger partial charge in [0.05, 0.1) is 5.41 Å². The average Bonchev–Trinajstić information content (AvgIpc) is 3.97. The lowest BCUT2D eigenvalue weighted by Crippen LogP contribution is -2.40. The molecule has 0 fully saturated rings. The SMILES string of the molecule is O=P(c1ccccc1)(c1ccccc1)c1cc(C2(c3cc(P(=O)(c4ccccc4)c4ccccc4)cc(P(=O)(c4ccccc4)c4ccccc4)c3)c3ccccc3C3C=CC=CC32)cc(P(=O)(c2ccccc2)c2ccccc2)c1. The maximum atomic E-state index is 17.3. The van der Waals surface area contributed by atoms with Crippen molar-refractivity contribution in [2.45, 2.75) is 11.3 Å². The van der Waals surface area contributed by atoms with E-state index in [0.29, 0.717) is 63.7 Å². The van der Waals surface area contributed by atoms with E-state index in [1.54, 1.807) is 0 Å². The van der Waals surface area contributed by atoms with Crippen LogP contribution >= 0.6 is 28.6 Å². The highest BCUT2D eigenvalue weighted by atomic mass is 31.2. The van der Waals surface area contributed by atoms with Crippen LogP contribution in [-0.4, -0.2) is 0 Å². The molecule has 2 aliphatic carbocycles. The van der Waals surface area contributed by atoms with Crippen LogP contribution < -0.4 is 63.7 Å². The van der Waals surface area contributed by atoms with E-state index in [4.69, 9.17) is 0 Å². The van der Waals surface area contributed by atoms with Crippen LogP contribution in [0, 0.1) is 5.92 Å². The van der Waals surface area contributed by atoms with Crippen molar-refractivity contribution in [1.82, 2.24) is 0 Å². The molecular weight excluding hydrogens is 1060 g/mol. The van der Waals surface area contributed by atoms with Crippen molar-refractivity contribution in [2.24, 2.45) is 5.92 Å². The summed E-state index contributed by atoms with van der Waals surface area (Å²) in [7, 11) is -15.4. The summed E-state index contributed by atoms with van der Waals surface area (Å²) in [5.74, 6) is -0.520. The van der Waals surface area contributed by atoms with Gasteiger partial charge in [-0.2, -0.15) is 0 Å². The molecule has 392 valence electrons. The fourth-order valence-electron chi connectivity index (χ4n) is 12.8. The minimum atomic E-state index is -3.84. The molecular formula is C73H56O4P4. The Morgan fingerprint density at radius 1 is 0.247 bits per heavy atom. The second kappa shape index (κ2) is 21.4. The van der Waals surface area contributed by atoms with Gasteiger partial charge in [0.1, 0.15) is 0 Å². The van der Waals surface area contributed by atoms with Gasteiger partial charge in [0.25, 0.3) is 0 Å². The Kier molecular flexibility index (Phi) is 13.8. The molecule has 0 radical (unpaired) electrons. The zero-order chi connectivity index (χ0) is 55.1. The summed E-state index contributed by atoms with van der Waals surface area (Å²) in [6.07, 6.45) is 8.74. The molecule has 81 heavy (non-hydrogen) atoms. The van der Waals surface area contributed by atoms with Crippen LogP contribution in [-0.2, 0) is 23.7 Å². The third kappa shape index (κ3) is 8.60. The molecule has 0 aliphatic heterocycles. The van der Waals surface area contributed by atoms with Crippen LogP contribution in [0.3, 0.4) is 0 Å². The Morgan fingerprint density at radius 3 is 0.753 bits per heavy atom. The van der Waals surface area contributed by atoms with E-state index < -0.39 is 34.0 Å². The van der Waals surface area contributed by atoms with Gasteiger partial charge in [0, 0.05) is 75.5 Å². The van der Waals surface area contributed by atoms with Gasteiger partial charge < -0.3 is 18.3 Å². The van der Waals surface area contributed by atoms with Crippen LogP contribution in [0.5, 0.6) is 0 Å². The molecule has 8 heteroatoms. The van der Waals surface area contributed by atoms with Gasteiger partial charge in [-0.3, -0.25) is 0 Å². The van der Waals surface area contributed by atoms with Gasteiger partial charge in [-0.25, -0.2) is 0 Å². The van der Waals surface area contributed by atoms with Crippen LogP contribution in [0.15, 0.2) is 328 Å². The van der Waals surface area contributed by atoms with Gasteiger partial charge in [0.15, 0.2) is 28.6 Å². The first kappa shape index (κ1) is 52.2. The van der Waals surface area contributed by atoms with Gasteiger partial charge >= 0.3 is 0 Å². The predicted molar refractivity (Wildman–Crippen MR) is 341 cm³/mol. The molecule has 11 aromatic carbocycles. The molecule has 13 rings (SSSR count). The van der Waals surface area contributed by atoms with E-state index in [2.05, 4.69) is 72.8 Å². The quantitative estimate of drug-likeness (QED) is 0.102. The number of hydrogen-bond donors (Lipinski definition) is 0. The molecule has 0 spiro atoms. The van der Waals surface area contributed by atoms with E-state index in [1.807, 2.05) is 255 Å². The van der Waals surface area contributed by atoms with E-state index in [-0.39, 0.29) is 11.8 Å². The first-order chi connectivity index (χ1) is 39.7. The molecule has 2 aliphatic rings. The molecule has 0 aromatic heterocycles. The molecule has 11 aromatic rings. The summed E-state index contributed by atoms with van der Waals surface area (Å²) in [5.41, 5.74) is 2.36. The third-order valence-corrected chi connectivity index (χ3v) is 28.7. The van der Waals surface area contributed by atoms with Crippen molar-refractivity contribution in [2.75, 3.05) is 0 Å². The zero-order valence-electron chi connectivity index (χ0n) is 44.3. The first-order valence-electron chi connectivity index (χ1n) is 27.3. The largest absolute Gasteiger partial charge is 0.309 e. The van der Waals surface area contributed by atoms with Crippen molar-refractivity contribution >= 4 is 92.2 Å². The maximum Gasteiger partial charge on any atom is 0.171 e. The minimum Gasteiger partial charge on any atom is -0.309 e. The van der Waals surface area contributed by atoms with Crippen molar-refractivity contribution < 1.29 is 18.3 Å². The fraction of sp³-hybridized carbons (Fsp3) is 0.0411. The van der Waals surface area contributed by atoms with Crippen LogP contribution in [0.4, 0.5) is 0 Å². The van der Waals surface area contributed by atoms with Crippen LogP contribution in [0.25, 0.3) is 0 Å². The Morgan fingerprint density at radius 2 is 0.481 bits per heavy atom. The second-order valence-electron chi connectivity index (χ2n) is 20.8. The Bertz CT molecular complexity index is 3700. The third-order valence-electron chi connectivity index (χ3n) is 16.5. The Labute approximate surface area is 474 Å². The molecule has 2 unspecified atom stereocenters.